The van der Waals surface area contributed by atoms with Gasteiger partial charge in [0.25, 0.3) is 0 Å². The summed E-state index contributed by atoms with van der Waals surface area (Å²) in [4.78, 5) is 23.1. The summed E-state index contributed by atoms with van der Waals surface area (Å²) in [6, 6.07) is 6.52. The smallest absolute Gasteiger partial charge is 0.337 e. The Morgan fingerprint density at radius 1 is 1.26 bits per heavy atom. The minimum Gasteiger partial charge on any atom is -0.465 e. The molecule has 0 aliphatic carbocycles. The zero-order valence-electron chi connectivity index (χ0n) is 11.5. The zero-order chi connectivity index (χ0) is 14.3. The number of hydrogen-bond acceptors (Lipinski definition) is 3. The van der Waals surface area contributed by atoms with Crippen LogP contribution in [0.15, 0.2) is 24.3 Å². The van der Waals surface area contributed by atoms with Crippen molar-refractivity contribution in [1.29, 1.82) is 0 Å². The summed E-state index contributed by atoms with van der Waals surface area (Å²) in [7, 11) is 1.32. The van der Waals surface area contributed by atoms with Crippen molar-refractivity contribution in [2.24, 2.45) is 0 Å². The fourth-order valence-corrected chi connectivity index (χ4v) is 1.69. The second-order valence-electron chi connectivity index (χ2n) is 4.18. The Balaban J connectivity index is 2.66. The Hall–Kier alpha value is -2.04. The van der Waals surface area contributed by atoms with Crippen molar-refractivity contribution < 1.29 is 14.3 Å². The minimum absolute atomic E-state index is 0.156. The van der Waals surface area contributed by atoms with Crippen LogP contribution in [0.3, 0.4) is 0 Å². The van der Waals surface area contributed by atoms with Crippen LogP contribution in [0.5, 0.6) is 0 Å². The quantitative estimate of drug-likeness (QED) is 0.803. The standard InChI is InChI=1S/C14H20N2O3/c1-4-11(5-2)15-14(18)16-12-8-6-7-10(9-12)13(17)19-3/h6-9,11H,4-5H2,1-3H3,(H2,15,16,18). The largest absolute Gasteiger partial charge is 0.465 e. The zero-order valence-corrected chi connectivity index (χ0v) is 11.5. The number of esters is 1. The van der Waals surface area contributed by atoms with Crippen LogP contribution in [0, 0.1) is 0 Å². The average Bonchev–Trinajstić information content (AvgIpc) is 2.44. The Morgan fingerprint density at radius 3 is 2.53 bits per heavy atom. The number of carbonyl (C=O) groups is 2. The van der Waals surface area contributed by atoms with Crippen molar-refractivity contribution in [1.82, 2.24) is 5.32 Å². The number of methoxy groups -OCH3 is 1. The predicted octanol–water partition coefficient (Wildman–Crippen LogP) is 2.78. The number of carbonyl (C=O) groups excluding carboxylic acids is 2. The molecule has 2 amide bonds. The molecular formula is C14H20N2O3. The lowest BCUT2D eigenvalue weighted by Gasteiger charge is -2.15. The van der Waals surface area contributed by atoms with E-state index in [2.05, 4.69) is 15.4 Å². The van der Waals surface area contributed by atoms with E-state index in [-0.39, 0.29) is 12.1 Å². The van der Waals surface area contributed by atoms with Crippen molar-refractivity contribution in [2.45, 2.75) is 32.7 Å². The van der Waals surface area contributed by atoms with Gasteiger partial charge in [0.2, 0.25) is 0 Å². The van der Waals surface area contributed by atoms with Crippen molar-refractivity contribution >= 4 is 17.7 Å². The third-order valence-electron chi connectivity index (χ3n) is 2.86. The van der Waals surface area contributed by atoms with E-state index in [4.69, 9.17) is 0 Å². The molecule has 0 radical (unpaired) electrons. The van der Waals surface area contributed by atoms with Gasteiger partial charge in [0.1, 0.15) is 0 Å². The molecule has 0 aliphatic heterocycles. The first-order chi connectivity index (χ1) is 9.10. The molecule has 0 spiro atoms. The summed E-state index contributed by atoms with van der Waals surface area (Å²) in [6.07, 6.45) is 1.76. The summed E-state index contributed by atoms with van der Waals surface area (Å²) in [5, 5.41) is 5.56. The van der Waals surface area contributed by atoms with Crippen LogP contribution in [-0.4, -0.2) is 25.2 Å². The molecule has 0 fully saturated rings. The fraction of sp³-hybridized carbons (Fsp3) is 0.429. The summed E-state index contributed by atoms with van der Waals surface area (Å²) >= 11 is 0. The molecule has 1 rings (SSSR count). The van der Waals surface area contributed by atoms with Gasteiger partial charge in [0.05, 0.1) is 12.7 Å². The van der Waals surface area contributed by atoms with Crippen LogP contribution in [0.4, 0.5) is 10.5 Å². The van der Waals surface area contributed by atoms with E-state index in [0.29, 0.717) is 11.3 Å². The number of anilines is 1. The molecule has 1 aromatic carbocycles. The first kappa shape index (κ1) is 15.0. The van der Waals surface area contributed by atoms with Crippen LogP contribution in [0.25, 0.3) is 0 Å². The molecule has 104 valence electrons. The van der Waals surface area contributed by atoms with Gasteiger partial charge in [-0.1, -0.05) is 19.9 Å². The molecule has 1 aromatic rings. The van der Waals surface area contributed by atoms with Gasteiger partial charge in [0, 0.05) is 11.7 Å². The average molecular weight is 264 g/mol. The highest BCUT2D eigenvalue weighted by Crippen LogP contribution is 2.11. The highest BCUT2D eigenvalue weighted by Gasteiger charge is 2.10. The first-order valence-corrected chi connectivity index (χ1v) is 6.36. The van der Waals surface area contributed by atoms with Crippen molar-refractivity contribution in [2.75, 3.05) is 12.4 Å². The van der Waals surface area contributed by atoms with Gasteiger partial charge < -0.3 is 15.4 Å². The Morgan fingerprint density at radius 2 is 1.95 bits per heavy atom. The number of nitrogens with one attached hydrogen (secondary N) is 2. The minimum atomic E-state index is -0.427. The molecule has 0 heterocycles. The summed E-state index contributed by atoms with van der Waals surface area (Å²) in [5.74, 6) is -0.427. The summed E-state index contributed by atoms with van der Waals surface area (Å²) < 4.78 is 4.63. The molecule has 0 saturated carbocycles. The summed E-state index contributed by atoms with van der Waals surface area (Å²) in [5.41, 5.74) is 0.967. The molecule has 0 bridgehead atoms. The molecule has 0 aliphatic rings. The van der Waals surface area contributed by atoms with Gasteiger partial charge >= 0.3 is 12.0 Å². The van der Waals surface area contributed by atoms with Crippen LogP contribution < -0.4 is 10.6 Å². The van der Waals surface area contributed by atoms with Crippen molar-refractivity contribution in [3.05, 3.63) is 29.8 Å². The van der Waals surface area contributed by atoms with Gasteiger partial charge in [0.15, 0.2) is 0 Å². The van der Waals surface area contributed by atoms with E-state index < -0.39 is 5.97 Å². The van der Waals surface area contributed by atoms with Gasteiger partial charge in [-0.3, -0.25) is 0 Å². The van der Waals surface area contributed by atoms with E-state index in [1.165, 1.54) is 7.11 Å². The van der Waals surface area contributed by atoms with E-state index >= 15 is 0 Å². The fourth-order valence-electron chi connectivity index (χ4n) is 1.69. The molecule has 2 N–H and O–H groups in total. The third kappa shape index (κ3) is 4.62. The molecule has 5 heteroatoms. The summed E-state index contributed by atoms with van der Waals surface area (Å²) in [6.45, 7) is 4.04. The number of hydrogen-bond donors (Lipinski definition) is 2. The maximum atomic E-state index is 11.8. The second kappa shape index (κ2) is 7.41. The highest BCUT2D eigenvalue weighted by atomic mass is 16.5. The Kier molecular flexibility index (Phi) is 5.85. The first-order valence-electron chi connectivity index (χ1n) is 6.36. The number of amides is 2. The van der Waals surface area contributed by atoms with Gasteiger partial charge in [-0.25, -0.2) is 9.59 Å². The number of rotatable bonds is 5. The number of ether oxygens (including phenoxy) is 1. The lowest BCUT2D eigenvalue weighted by atomic mass is 10.2. The maximum Gasteiger partial charge on any atom is 0.337 e. The van der Waals surface area contributed by atoms with Gasteiger partial charge in [-0.2, -0.15) is 0 Å². The lowest BCUT2D eigenvalue weighted by Crippen LogP contribution is -2.37. The third-order valence-corrected chi connectivity index (χ3v) is 2.86. The molecule has 0 aromatic heterocycles. The molecule has 0 atom stereocenters. The molecular weight excluding hydrogens is 244 g/mol. The highest BCUT2D eigenvalue weighted by molar-refractivity contribution is 5.93. The molecule has 5 nitrogen and oxygen atoms in total. The van der Waals surface area contributed by atoms with E-state index in [0.717, 1.165) is 12.8 Å². The normalized spacial score (nSPS) is 10.1. The topological polar surface area (TPSA) is 67.4 Å². The van der Waals surface area contributed by atoms with Crippen LogP contribution >= 0.6 is 0 Å². The molecule has 0 unspecified atom stereocenters. The van der Waals surface area contributed by atoms with Crippen molar-refractivity contribution in [3.63, 3.8) is 0 Å². The second-order valence-corrected chi connectivity index (χ2v) is 4.18. The number of benzene rings is 1. The SMILES string of the molecule is CCC(CC)NC(=O)Nc1cccc(C(=O)OC)c1. The van der Waals surface area contributed by atoms with E-state index in [1.807, 2.05) is 13.8 Å². The number of urea groups is 1. The van der Waals surface area contributed by atoms with Crippen LogP contribution in [0.2, 0.25) is 0 Å². The maximum absolute atomic E-state index is 11.8. The molecule has 0 saturated heterocycles. The Bertz CT molecular complexity index is 442. The lowest BCUT2D eigenvalue weighted by molar-refractivity contribution is 0.0600. The van der Waals surface area contributed by atoms with Crippen LogP contribution in [-0.2, 0) is 4.74 Å². The van der Waals surface area contributed by atoms with Gasteiger partial charge in [-0.15, -0.1) is 0 Å². The molecule has 19 heavy (non-hydrogen) atoms. The Labute approximate surface area is 113 Å². The predicted molar refractivity (Wildman–Crippen MR) is 74.3 cm³/mol. The van der Waals surface area contributed by atoms with Crippen molar-refractivity contribution in [3.8, 4) is 0 Å². The monoisotopic (exact) mass is 264 g/mol. The van der Waals surface area contributed by atoms with Gasteiger partial charge in [-0.05, 0) is 31.0 Å². The van der Waals surface area contributed by atoms with E-state index in [1.54, 1.807) is 24.3 Å². The van der Waals surface area contributed by atoms with Crippen LogP contribution in [0.1, 0.15) is 37.0 Å². The van der Waals surface area contributed by atoms with E-state index in [9.17, 15) is 9.59 Å².